The number of aliphatic carboxylic acids is 2. The van der Waals surface area contributed by atoms with Crippen LogP contribution in [0, 0.1) is 11.6 Å². The average molecular weight is 1190 g/mol. The van der Waals surface area contributed by atoms with Crippen LogP contribution in [0.4, 0.5) is 20.2 Å². The molecular formula is C66H72CaF2N4O12. The van der Waals surface area contributed by atoms with Gasteiger partial charge in [0.1, 0.15) is 23.1 Å². The summed E-state index contributed by atoms with van der Waals surface area (Å²) < 4.78 is 31.9. The van der Waals surface area contributed by atoms with E-state index in [0.717, 1.165) is 11.1 Å². The fourth-order valence-electron chi connectivity index (χ4n) is 10.5. The molecule has 0 saturated carbocycles. The summed E-state index contributed by atoms with van der Waals surface area (Å²) in [4.78, 5) is 50.1. The Morgan fingerprint density at radius 2 is 0.776 bits per heavy atom. The third-order valence-electron chi connectivity index (χ3n) is 14.1. The normalized spacial score (nSPS) is 12.6. The maximum absolute atomic E-state index is 14.1. The fraction of sp³-hybridized carbons (Fsp3) is 0.273. The predicted octanol–water partition coefficient (Wildman–Crippen LogP) is 11.9. The molecule has 8 rings (SSSR count). The van der Waals surface area contributed by atoms with Crippen molar-refractivity contribution in [1.82, 2.24) is 9.13 Å². The van der Waals surface area contributed by atoms with Crippen molar-refractivity contribution in [3.8, 4) is 56.3 Å². The molecule has 444 valence electrons. The van der Waals surface area contributed by atoms with E-state index in [0.29, 0.717) is 56.2 Å². The van der Waals surface area contributed by atoms with E-state index >= 15 is 0 Å². The molecule has 2 aromatic heterocycles. The fourth-order valence-corrected chi connectivity index (χ4v) is 10.5. The Labute approximate surface area is 524 Å². The van der Waals surface area contributed by atoms with E-state index in [4.69, 9.17) is 10.2 Å². The number of amides is 2. The standard InChI is InChI=1S/2C33H35FN2O6.Ca.2H/c2*1-20(2)31-30(33(42)35-26-10-6-7-11-27(26)39)29(21-8-4-3-5-9-21)32(22-12-14-23(34)15-13-22)36(31)17-16-24(37)18-25(38)19-28(40)41;;;/h2*3-15,20,24-25,37-39H,16-19H2,1-2H3,(H,35,42)(H,40,41);;;/q;;+2;2*-1/t2*24-,25-;;;/m11.../s1. The van der Waals surface area contributed by atoms with E-state index in [1.165, 1.54) is 36.4 Å². The molecule has 0 saturated heterocycles. The summed E-state index contributed by atoms with van der Waals surface area (Å²) in [5.74, 6) is -4.56. The van der Waals surface area contributed by atoms with E-state index < -0.39 is 72.6 Å². The van der Waals surface area contributed by atoms with Gasteiger partial charge in [0.05, 0.1) is 71.1 Å². The molecule has 85 heavy (non-hydrogen) atoms. The quantitative estimate of drug-likeness (QED) is 0.0200. The Kier molecular flexibility index (Phi) is 24.2. The van der Waals surface area contributed by atoms with Gasteiger partial charge >= 0.3 is 49.7 Å². The van der Waals surface area contributed by atoms with Gasteiger partial charge in [0.15, 0.2) is 0 Å². The molecule has 0 unspecified atom stereocenters. The summed E-state index contributed by atoms with van der Waals surface area (Å²) in [6, 6.07) is 43.4. The molecule has 0 aliphatic rings. The number of aliphatic hydroxyl groups excluding tert-OH is 4. The summed E-state index contributed by atoms with van der Waals surface area (Å²) in [6.45, 7) is 8.23. The zero-order valence-corrected chi connectivity index (χ0v) is 49.9. The number of anilines is 2. The molecule has 0 spiro atoms. The number of phenols is 2. The summed E-state index contributed by atoms with van der Waals surface area (Å²) in [7, 11) is 0. The minimum Gasteiger partial charge on any atom is -1.00 e. The van der Waals surface area contributed by atoms with Gasteiger partial charge in [-0.1, -0.05) is 113 Å². The largest absolute Gasteiger partial charge is 2.00 e. The molecule has 0 aliphatic carbocycles. The topological polar surface area (TPSA) is 264 Å². The van der Waals surface area contributed by atoms with Crippen molar-refractivity contribution in [3.05, 3.63) is 192 Å². The zero-order valence-electron chi connectivity index (χ0n) is 49.7. The van der Waals surface area contributed by atoms with Crippen molar-refractivity contribution in [3.63, 3.8) is 0 Å². The number of carboxylic acids is 2. The number of aromatic hydroxyl groups is 2. The second-order valence-electron chi connectivity index (χ2n) is 21.1. The van der Waals surface area contributed by atoms with Gasteiger partial charge in [0, 0.05) is 35.6 Å². The molecule has 0 fully saturated rings. The molecule has 2 amide bonds. The number of carbonyl (C=O) groups is 4. The number of hydrogen-bond acceptors (Lipinski definition) is 10. The molecule has 4 atom stereocenters. The summed E-state index contributed by atoms with van der Waals surface area (Å²) in [5.41, 5.74) is 7.88. The van der Waals surface area contributed by atoms with Crippen LogP contribution < -0.4 is 10.6 Å². The molecule has 19 heteroatoms. The van der Waals surface area contributed by atoms with Gasteiger partial charge < -0.3 is 63.5 Å². The Balaban J connectivity index is 0.000000360. The molecule has 0 aliphatic heterocycles. The van der Waals surface area contributed by atoms with Crippen LogP contribution in [0.25, 0.3) is 44.8 Å². The average Bonchev–Trinajstić information content (AvgIpc) is 1.63. The molecule has 6 aromatic carbocycles. The first-order valence-corrected chi connectivity index (χ1v) is 27.6. The zero-order chi connectivity index (χ0) is 60.8. The van der Waals surface area contributed by atoms with E-state index in [9.17, 15) is 58.6 Å². The second kappa shape index (κ2) is 30.9. The van der Waals surface area contributed by atoms with Crippen LogP contribution in [0.1, 0.15) is 113 Å². The third-order valence-corrected chi connectivity index (χ3v) is 14.1. The Morgan fingerprint density at radius 3 is 1.08 bits per heavy atom. The van der Waals surface area contributed by atoms with Gasteiger partial charge in [0.2, 0.25) is 0 Å². The number of benzene rings is 6. The van der Waals surface area contributed by atoms with Crippen LogP contribution in [0.2, 0.25) is 0 Å². The number of halogens is 2. The maximum atomic E-state index is 14.1. The van der Waals surface area contributed by atoms with Crippen LogP contribution >= 0.6 is 0 Å². The number of carboxylic acid groups (broad SMARTS) is 2. The van der Waals surface area contributed by atoms with Gasteiger partial charge in [-0.05, 0) is 133 Å². The Hall–Kier alpha value is -7.68. The molecular weight excluding hydrogens is 1120 g/mol. The molecule has 2 heterocycles. The molecule has 8 aromatic rings. The predicted molar refractivity (Wildman–Crippen MR) is 326 cm³/mol. The number of nitrogens with zero attached hydrogens (tertiary/aromatic N) is 2. The van der Waals surface area contributed by atoms with Crippen LogP contribution in [0.5, 0.6) is 11.5 Å². The van der Waals surface area contributed by atoms with Gasteiger partial charge in [-0.2, -0.15) is 0 Å². The number of aliphatic hydroxyl groups is 4. The van der Waals surface area contributed by atoms with Gasteiger partial charge in [-0.25, -0.2) is 8.78 Å². The van der Waals surface area contributed by atoms with Crippen molar-refractivity contribution in [2.45, 2.75) is 116 Å². The number of aromatic nitrogens is 2. The van der Waals surface area contributed by atoms with Crippen molar-refractivity contribution in [1.29, 1.82) is 0 Å². The van der Waals surface area contributed by atoms with Crippen molar-refractivity contribution < 1.29 is 71.7 Å². The minimum absolute atomic E-state index is 0. The first-order valence-electron chi connectivity index (χ1n) is 27.6. The maximum Gasteiger partial charge on any atom is 2.00 e. The molecule has 0 radical (unpaired) electrons. The van der Waals surface area contributed by atoms with Gasteiger partial charge in [-0.15, -0.1) is 0 Å². The van der Waals surface area contributed by atoms with Crippen LogP contribution in [-0.4, -0.2) is 136 Å². The number of hydrogen-bond donors (Lipinski definition) is 10. The Bertz CT molecular complexity index is 3320. The van der Waals surface area contributed by atoms with Gasteiger partial charge in [-0.3, -0.25) is 19.2 Å². The van der Waals surface area contributed by atoms with E-state index in [1.807, 2.05) is 97.5 Å². The molecule has 10 N–H and O–H groups in total. The van der Waals surface area contributed by atoms with Crippen molar-refractivity contribution in [2.24, 2.45) is 0 Å². The van der Waals surface area contributed by atoms with E-state index in [1.54, 1.807) is 60.7 Å². The van der Waals surface area contributed by atoms with Gasteiger partial charge in [0.25, 0.3) is 11.8 Å². The SMILES string of the molecule is CC(C)c1c(C(=O)Nc2ccccc2O)c(-c2ccccc2)c(-c2ccc(F)cc2)n1CC[C@@H](O)C[C@@H](O)CC(=O)O.CC(C)c1c(C(=O)Nc2ccccc2O)c(-c2ccccc2)c(-c2ccc(F)cc2)n1CC[C@@H](O)C[C@@H](O)CC(=O)O.[Ca+2].[H-].[H-]. The number of rotatable bonds is 24. The first-order chi connectivity index (χ1) is 40.1. The number of carbonyl (C=O) groups excluding carboxylic acids is 2. The monoisotopic (exact) mass is 1190 g/mol. The Morgan fingerprint density at radius 1 is 0.459 bits per heavy atom. The summed E-state index contributed by atoms with van der Waals surface area (Å²) >= 11 is 0. The summed E-state index contributed by atoms with van der Waals surface area (Å²) in [5, 5.41) is 85.9. The van der Waals surface area contributed by atoms with Crippen molar-refractivity contribution >= 4 is 72.9 Å². The molecule has 16 nitrogen and oxygen atoms in total. The van der Waals surface area contributed by atoms with Crippen LogP contribution in [-0.2, 0) is 22.7 Å². The smallest absolute Gasteiger partial charge is 1.00 e. The number of phenolic OH excluding ortho intramolecular Hbond substituents is 2. The number of nitrogens with one attached hydrogen (secondary N) is 2. The number of para-hydroxylation sites is 4. The summed E-state index contributed by atoms with van der Waals surface area (Å²) in [6.07, 6.45) is -5.32. The van der Waals surface area contributed by atoms with Crippen LogP contribution in [0.3, 0.4) is 0 Å². The van der Waals surface area contributed by atoms with E-state index in [2.05, 4.69) is 10.6 Å². The molecule has 0 bridgehead atoms. The van der Waals surface area contributed by atoms with Crippen molar-refractivity contribution in [2.75, 3.05) is 10.6 Å². The third kappa shape index (κ3) is 17.3. The minimum atomic E-state index is -1.21. The first kappa shape index (κ1) is 66.5. The van der Waals surface area contributed by atoms with Crippen LogP contribution in [0.15, 0.2) is 158 Å². The van der Waals surface area contributed by atoms with E-state index in [-0.39, 0.29) is 114 Å². The second-order valence-corrected chi connectivity index (χ2v) is 21.1.